The Balaban J connectivity index is 2.10. The lowest BCUT2D eigenvalue weighted by Gasteiger charge is -2.11. The molecule has 1 amide bonds. The zero-order valence-electron chi connectivity index (χ0n) is 12.1. The molecule has 114 valence electrons. The molecule has 1 aromatic rings. The average Bonchev–Trinajstić information content (AvgIpc) is 2.80. The van der Waals surface area contributed by atoms with Crippen molar-refractivity contribution < 1.29 is 14.7 Å². The van der Waals surface area contributed by atoms with E-state index in [1.54, 1.807) is 0 Å². The molecular weight excluding hydrogens is 286 g/mol. The van der Waals surface area contributed by atoms with Gasteiger partial charge in [0.05, 0.1) is 4.88 Å². The monoisotopic (exact) mass is 307 g/mol. The van der Waals surface area contributed by atoms with Gasteiger partial charge >= 0.3 is 5.97 Å². The summed E-state index contributed by atoms with van der Waals surface area (Å²) in [5.41, 5.74) is 1.26. The topological polar surface area (TPSA) is 66.4 Å². The summed E-state index contributed by atoms with van der Waals surface area (Å²) in [4.78, 5) is 25.2. The number of aliphatic carboxylic acids is 1. The van der Waals surface area contributed by atoms with Gasteiger partial charge in [0.2, 0.25) is 0 Å². The van der Waals surface area contributed by atoms with E-state index in [2.05, 4.69) is 11.9 Å². The summed E-state index contributed by atoms with van der Waals surface area (Å²) in [5, 5.41) is 11.7. The summed E-state index contributed by atoms with van der Waals surface area (Å²) in [5.74, 6) is -1.32. The molecule has 0 spiro atoms. The van der Waals surface area contributed by atoms with Crippen LogP contribution in [0.1, 0.15) is 52.2 Å². The standard InChI is InChI=1S/C16H21NO3S/c1-2-7-12(16(19)20)17-15(18)14-10-11-8-5-3-4-6-9-13(11)21-14/h2,10,12H,1,3-9H2,(H,17,18)(H,19,20). The Morgan fingerprint density at radius 3 is 2.71 bits per heavy atom. The number of rotatable bonds is 5. The molecule has 0 saturated heterocycles. The van der Waals surface area contributed by atoms with Gasteiger partial charge in [0.1, 0.15) is 6.04 Å². The molecule has 0 aromatic carbocycles. The van der Waals surface area contributed by atoms with Crippen LogP contribution in [-0.2, 0) is 17.6 Å². The predicted octanol–water partition coefficient (Wildman–Crippen LogP) is 3.17. The van der Waals surface area contributed by atoms with E-state index in [-0.39, 0.29) is 12.3 Å². The van der Waals surface area contributed by atoms with Crippen LogP contribution in [0.2, 0.25) is 0 Å². The van der Waals surface area contributed by atoms with Crippen molar-refractivity contribution >= 4 is 23.2 Å². The number of carbonyl (C=O) groups is 2. The molecular formula is C16H21NO3S. The molecule has 21 heavy (non-hydrogen) atoms. The molecule has 1 aromatic heterocycles. The quantitative estimate of drug-likeness (QED) is 0.821. The van der Waals surface area contributed by atoms with Gasteiger partial charge in [0.15, 0.2) is 0 Å². The molecule has 5 heteroatoms. The van der Waals surface area contributed by atoms with Gasteiger partial charge in [-0.25, -0.2) is 4.79 Å². The van der Waals surface area contributed by atoms with Gasteiger partial charge in [-0.05, 0) is 43.7 Å². The van der Waals surface area contributed by atoms with Crippen molar-refractivity contribution in [3.8, 4) is 0 Å². The maximum atomic E-state index is 12.2. The van der Waals surface area contributed by atoms with Gasteiger partial charge in [0, 0.05) is 4.88 Å². The maximum absolute atomic E-state index is 12.2. The second-order valence-corrected chi connectivity index (χ2v) is 6.50. The minimum absolute atomic E-state index is 0.228. The lowest BCUT2D eigenvalue weighted by molar-refractivity contribution is -0.139. The van der Waals surface area contributed by atoms with Crippen LogP contribution >= 0.6 is 11.3 Å². The first-order valence-electron chi connectivity index (χ1n) is 7.38. The van der Waals surface area contributed by atoms with Crippen molar-refractivity contribution in [1.82, 2.24) is 5.32 Å². The first kappa shape index (κ1) is 15.8. The Bertz CT molecular complexity index is 510. The normalized spacial score (nSPS) is 16.2. The predicted molar refractivity (Wildman–Crippen MR) is 83.9 cm³/mol. The first-order chi connectivity index (χ1) is 10.1. The molecule has 4 nitrogen and oxygen atoms in total. The lowest BCUT2D eigenvalue weighted by Crippen LogP contribution is -2.40. The summed E-state index contributed by atoms with van der Waals surface area (Å²) in [7, 11) is 0. The molecule has 0 fully saturated rings. The van der Waals surface area contributed by atoms with E-state index >= 15 is 0 Å². The van der Waals surface area contributed by atoms with Crippen LogP contribution in [0.25, 0.3) is 0 Å². The molecule has 1 aliphatic carbocycles. The molecule has 0 bridgehead atoms. The first-order valence-corrected chi connectivity index (χ1v) is 8.19. The fraction of sp³-hybridized carbons (Fsp3) is 0.500. The summed E-state index contributed by atoms with van der Waals surface area (Å²) in [6, 6.07) is 1.03. The Hall–Kier alpha value is -1.62. The van der Waals surface area contributed by atoms with Gasteiger partial charge in [-0.3, -0.25) is 4.79 Å². The van der Waals surface area contributed by atoms with Crippen LogP contribution in [0.3, 0.4) is 0 Å². The Morgan fingerprint density at radius 1 is 1.33 bits per heavy atom. The van der Waals surface area contributed by atoms with E-state index in [1.165, 1.54) is 53.5 Å². The third-order valence-electron chi connectivity index (χ3n) is 3.73. The molecule has 2 rings (SSSR count). The third kappa shape index (κ3) is 4.17. The number of aryl methyl sites for hydroxylation is 2. The fourth-order valence-corrected chi connectivity index (χ4v) is 3.73. The van der Waals surface area contributed by atoms with E-state index in [4.69, 9.17) is 5.11 Å². The van der Waals surface area contributed by atoms with Crippen molar-refractivity contribution in [2.24, 2.45) is 0 Å². The highest BCUT2D eigenvalue weighted by atomic mass is 32.1. The van der Waals surface area contributed by atoms with Gasteiger partial charge < -0.3 is 10.4 Å². The summed E-state index contributed by atoms with van der Waals surface area (Å²) in [6.45, 7) is 3.52. The highest BCUT2D eigenvalue weighted by molar-refractivity contribution is 7.14. The zero-order valence-corrected chi connectivity index (χ0v) is 12.9. The van der Waals surface area contributed by atoms with Crippen molar-refractivity contribution in [2.45, 2.75) is 51.0 Å². The summed E-state index contributed by atoms with van der Waals surface area (Å²) in [6.07, 6.45) is 8.62. The van der Waals surface area contributed by atoms with E-state index in [0.29, 0.717) is 4.88 Å². The number of carboxylic acids is 1. The van der Waals surface area contributed by atoms with Gasteiger partial charge in [-0.2, -0.15) is 0 Å². The summed E-state index contributed by atoms with van der Waals surface area (Å²) < 4.78 is 0. The molecule has 1 heterocycles. The van der Waals surface area contributed by atoms with E-state index in [9.17, 15) is 9.59 Å². The second-order valence-electron chi connectivity index (χ2n) is 5.36. The van der Waals surface area contributed by atoms with E-state index < -0.39 is 12.0 Å². The molecule has 0 aliphatic heterocycles. The van der Waals surface area contributed by atoms with Crippen molar-refractivity contribution in [3.05, 3.63) is 34.0 Å². The maximum Gasteiger partial charge on any atom is 0.326 e. The van der Waals surface area contributed by atoms with Crippen LogP contribution in [0.4, 0.5) is 0 Å². The number of fused-ring (bicyclic) bond motifs is 1. The Kier molecular flexibility index (Phi) is 5.56. The van der Waals surface area contributed by atoms with E-state index in [1.807, 2.05) is 6.07 Å². The summed E-state index contributed by atoms with van der Waals surface area (Å²) >= 11 is 1.51. The van der Waals surface area contributed by atoms with Crippen molar-refractivity contribution in [1.29, 1.82) is 0 Å². The zero-order chi connectivity index (χ0) is 15.2. The number of hydrogen-bond donors (Lipinski definition) is 2. The van der Waals surface area contributed by atoms with Crippen LogP contribution in [-0.4, -0.2) is 23.0 Å². The molecule has 0 radical (unpaired) electrons. The molecule has 0 saturated carbocycles. The minimum atomic E-state index is -1.03. The van der Waals surface area contributed by atoms with Crippen LogP contribution in [0.5, 0.6) is 0 Å². The minimum Gasteiger partial charge on any atom is -0.480 e. The lowest BCUT2D eigenvalue weighted by atomic mass is 10.00. The highest BCUT2D eigenvalue weighted by Gasteiger charge is 2.21. The number of carboxylic acid groups (broad SMARTS) is 1. The fourth-order valence-electron chi connectivity index (χ4n) is 2.57. The Labute approximate surface area is 128 Å². The third-order valence-corrected chi connectivity index (χ3v) is 4.96. The van der Waals surface area contributed by atoms with E-state index in [0.717, 1.165) is 12.8 Å². The average molecular weight is 307 g/mol. The highest BCUT2D eigenvalue weighted by Crippen LogP contribution is 2.28. The molecule has 1 aliphatic rings. The molecule has 2 N–H and O–H groups in total. The van der Waals surface area contributed by atoms with Crippen LogP contribution in [0, 0.1) is 0 Å². The second kappa shape index (κ2) is 7.41. The van der Waals surface area contributed by atoms with Crippen LogP contribution in [0.15, 0.2) is 18.7 Å². The van der Waals surface area contributed by atoms with Crippen LogP contribution < -0.4 is 5.32 Å². The van der Waals surface area contributed by atoms with Gasteiger partial charge in [-0.1, -0.05) is 18.9 Å². The number of nitrogens with one attached hydrogen (secondary N) is 1. The Morgan fingerprint density at radius 2 is 2.05 bits per heavy atom. The van der Waals surface area contributed by atoms with Gasteiger partial charge in [-0.15, -0.1) is 17.9 Å². The number of hydrogen-bond acceptors (Lipinski definition) is 3. The van der Waals surface area contributed by atoms with Crippen molar-refractivity contribution in [3.63, 3.8) is 0 Å². The smallest absolute Gasteiger partial charge is 0.326 e. The largest absolute Gasteiger partial charge is 0.480 e. The number of thiophene rings is 1. The number of amides is 1. The van der Waals surface area contributed by atoms with Crippen molar-refractivity contribution in [2.75, 3.05) is 0 Å². The number of carbonyl (C=O) groups excluding carboxylic acids is 1. The molecule has 1 atom stereocenters. The van der Waals surface area contributed by atoms with Gasteiger partial charge in [0.25, 0.3) is 5.91 Å². The SMILES string of the molecule is C=CCC(NC(=O)c1cc2c(s1)CCCCCC2)C(=O)O. The molecule has 1 unspecified atom stereocenters.